The number of fused-ring (bicyclic) bond motifs is 1. The Balaban J connectivity index is 2.39. The first kappa shape index (κ1) is 8.77. The lowest BCUT2D eigenvalue weighted by Gasteiger charge is -2.20. The molecule has 0 spiro atoms. The predicted octanol–water partition coefficient (Wildman–Crippen LogP) is 3.08. The first-order valence-electron chi connectivity index (χ1n) is 4.47. The van der Waals surface area contributed by atoms with Crippen LogP contribution in [0.3, 0.4) is 0 Å². The number of rotatable bonds is 0. The molecule has 1 atom stereocenters. The van der Waals surface area contributed by atoms with Gasteiger partial charge in [0, 0.05) is 4.47 Å². The van der Waals surface area contributed by atoms with Crippen LogP contribution in [0, 0.1) is 17.2 Å². The molecule has 0 aliphatic heterocycles. The maximum atomic E-state index is 8.84. The van der Waals surface area contributed by atoms with Crippen LogP contribution in [-0.4, -0.2) is 0 Å². The lowest BCUT2D eigenvalue weighted by atomic mass is 9.85. The molecule has 0 saturated carbocycles. The SMILES string of the molecule is N#CC1CCc2cccc(Br)c2C1. The van der Waals surface area contributed by atoms with Crippen molar-refractivity contribution in [2.75, 3.05) is 0 Å². The highest BCUT2D eigenvalue weighted by molar-refractivity contribution is 9.10. The first-order valence-corrected chi connectivity index (χ1v) is 5.26. The topological polar surface area (TPSA) is 23.8 Å². The molecule has 13 heavy (non-hydrogen) atoms. The van der Waals surface area contributed by atoms with Crippen molar-refractivity contribution in [1.82, 2.24) is 0 Å². The second kappa shape index (κ2) is 3.51. The van der Waals surface area contributed by atoms with Crippen molar-refractivity contribution >= 4 is 15.9 Å². The van der Waals surface area contributed by atoms with Crippen molar-refractivity contribution in [2.45, 2.75) is 19.3 Å². The third kappa shape index (κ3) is 1.62. The number of hydrogen-bond acceptors (Lipinski definition) is 1. The molecule has 0 saturated heterocycles. The number of nitriles is 1. The van der Waals surface area contributed by atoms with Crippen molar-refractivity contribution < 1.29 is 0 Å². The van der Waals surface area contributed by atoms with Crippen molar-refractivity contribution in [2.24, 2.45) is 5.92 Å². The van der Waals surface area contributed by atoms with Gasteiger partial charge in [0.25, 0.3) is 0 Å². The number of hydrogen-bond donors (Lipinski definition) is 0. The molecule has 1 unspecified atom stereocenters. The maximum Gasteiger partial charge on any atom is 0.0659 e. The van der Waals surface area contributed by atoms with Gasteiger partial charge in [0.2, 0.25) is 0 Å². The van der Waals surface area contributed by atoms with Crippen LogP contribution in [0.15, 0.2) is 22.7 Å². The standard InChI is InChI=1S/C11H10BrN/c12-11-3-1-2-9-5-4-8(7-13)6-10(9)11/h1-3,8H,4-6H2. The molecular weight excluding hydrogens is 226 g/mol. The van der Waals surface area contributed by atoms with Crippen LogP contribution in [0.25, 0.3) is 0 Å². The highest BCUT2D eigenvalue weighted by Crippen LogP contribution is 2.30. The molecule has 1 nitrogen and oxygen atoms in total. The minimum Gasteiger partial charge on any atom is -0.198 e. The Kier molecular flexibility index (Phi) is 2.37. The highest BCUT2D eigenvalue weighted by atomic mass is 79.9. The number of halogens is 1. The van der Waals surface area contributed by atoms with Gasteiger partial charge >= 0.3 is 0 Å². The lowest BCUT2D eigenvalue weighted by Crippen LogP contribution is -2.12. The Morgan fingerprint density at radius 2 is 2.31 bits per heavy atom. The molecule has 2 heteroatoms. The summed E-state index contributed by atoms with van der Waals surface area (Å²) in [4.78, 5) is 0. The van der Waals surface area contributed by atoms with E-state index in [9.17, 15) is 0 Å². The van der Waals surface area contributed by atoms with Crippen LogP contribution < -0.4 is 0 Å². The summed E-state index contributed by atoms with van der Waals surface area (Å²) >= 11 is 3.53. The molecule has 0 aromatic heterocycles. The highest BCUT2D eigenvalue weighted by Gasteiger charge is 2.19. The van der Waals surface area contributed by atoms with Crippen LogP contribution in [0.2, 0.25) is 0 Å². The fraction of sp³-hybridized carbons (Fsp3) is 0.364. The Bertz CT molecular complexity index is 365. The molecule has 2 rings (SSSR count). The number of nitrogens with zero attached hydrogens (tertiary/aromatic N) is 1. The van der Waals surface area contributed by atoms with E-state index in [1.54, 1.807) is 0 Å². The fourth-order valence-corrected chi connectivity index (χ4v) is 2.42. The average molecular weight is 236 g/mol. The quantitative estimate of drug-likeness (QED) is 0.679. The molecule has 0 bridgehead atoms. The summed E-state index contributed by atoms with van der Waals surface area (Å²) in [6.07, 6.45) is 2.97. The number of benzene rings is 1. The van der Waals surface area contributed by atoms with Crippen LogP contribution in [0.1, 0.15) is 17.5 Å². The largest absolute Gasteiger partial charge is 0.198 e. The van der Waals surface area contributed by atoms with Gasteiger partial charge < -0.3 is 0 Å². The molecule has 0 heterocycles. The first-order chi connectivity index (χ1) is 6.31. The summed E-state index contributed by atoms with van der Waals surface area (Å²) in [5.74, 6) is 0.214. The van der Waals surface area contributed by atoms with Gasteiger partial charge in [-0.3, -0.25) is 0 Å². The maximum absolute atomic E-state index is 8.84. The van der Waals surface area contributed by atoms with E-state index in [2.05, 4.69) is 40.2 Å². The summed E-state index contributed by atoms with van der Waals surface area (Å²) in [5, 5.41) is 8.84. The lowest BCUT2D eigenvalue weighted by molar-refractivity contribution is 0.563. The Labute approximate surface area is 86.5 Å². The van der Waals surface area contributed by atoms with Gasteiger partial charge in [-0.2, -0.15) is 5.26 Å². The van der Waals surface area contributed by atoms with Gasteiger partial charge in [-0.05, 0) is 36.5 Å². The van der Waals surface area contributed by atoms with E-state index in [-0.39, 0.29) is 5.92 Å². The third-order valence-electron chi connectivity index (χ3n) is 2.61. The van der Waals surface area contributed by atoms with Gasteiger partial charge in [-0.25, -0.2) is 0 Å². The summed E-state index contributed by atoms with van der Waals surface area (Å²) < 4.78 is 1.16. The second-order valence-corrected chi connectivity index (χ2v) is 4.30. The Morgan fingerprint density at radius 1 is 1.46 bits per heavy atom. The molecule has 0 amide bonds. The van der Waals surface area contributed by atoms with Gasteiger partial charge in [-0.15, -0.1) is 0 Å². The van der Waals surface area contributed by atoms with Gasteiger partial charge in [0.05, 0.1) is 12.0 Å². The molecule has 0 N–H and O–H groups in total. The monoisotopic (exact) mass is 235 g/mol. The van der Waals surface area contributed by atoms with Crippen molar-refractivity contribution in [3.8, 4) is 6.07 Å². The molecule has 1 aliphatic rings. The Hall–Kier alpha value is -0.810. The van der Waals surface area contributed by atoms with Crippen LogP contribution in [0.4, 0.5) is 0 Å². The molecule has 1 aromatic rings. The molecule has 1 aliphatic carbocycles. The zero-order valence-corrected chi connectivity index (χ0v) is 8.84. The van der Waals surface area contributed by atoms with Crippen molar-refractivity contribution in [3.63, 3.8) is 0 Å². The molecule has 1 aromatic carbocycles. The van der Waals surface area contributed by atoms with E-state index in [1.807, 2.05) is 0 Å². The molecular formula is C11H10BrN. The van der Waals surface area contributed by atoms with E-state index in [4.69, 9.17) is 5.26 Å². The van der Waals surface area contributed by atoms with Gasteiger partial charge in [-0.1, -0.05) is 28.1 Å². The van der Waals surface area contributed by atoms with Crippen molar-refractivity contribution in [1.29, 1.82) is 5.26 Å². The van der Waals surface area contributed by atoms with Gasteiger partial charge in [0.15, 0.2) is 0 Å². The van der Waals surface area contributed by atoms with E-state index >= 15 is 0 Å². The van der Waals surface area contributed by atoms with E-state index in [0.29, 0.717) is 0 Å². The van der Waals surface area contributed by atoms with Crippen LogP contribution in [0.5, 0.6) is 0 Å². The molecule has 0 fully saturated rings. The van der Waals surface area contributed by atoms with Crippen LogP contribution in [-0.2, 0) is 12.8 Å². The van der Waals surface area contributed by atoms with Gasteiger partial charge in [0.1, 0.15) is 0 Å². The summed E-state index contributed by atoms with van der Waals surface area (Å²) in [7, 11) is 0. The average Bonchev–Trinajstić information content (AvgIpc) is 2.18. The third-order valence-corrected chi connectivity index (χ3v) is 3.35. The zero-order valence-electron chi connectivity index (χ0n) is 7.26. The van der Waals surface area contributed by atoms with Crippen LogP contribution >= 0.6 is 15.9 Å². The summed E-state index contributed by atoms with van der Waals surface area (Å²) in [6.45, 7) is 0. The summed E-state index contributed by atoms with van der Waals surface area (Å²) in [6, 6.07) is 8.63. The van der Waals surface area contributed by atoms with E-state index in [1.165, 1.54) is 11.1 Å². The molecule has 0 radical (unpaired) electrons. The van der Waals surface area contributed by atoms with E-state index < -0.39 is 0 Å². The fourth-order valence-electron chi connectivity index (χ4n) is 1.85. The van der Waals surface area contributed by atoms with E-state index in [0.717, 1.165) is 23.7 Å². The number of aryl methyl sites for hydroxylation is 1. The predicted molar refractivity (Wildman–Crippen MR) is 55.3 cm³/mol. The van der Waals surface area contributed by atoms with Crippen molar-refractivity contribution in [3.05, 3.63) is 33.8 Å². The minimum absolute atomic E-state index is 0.214. The normalized spacial score (nSPS) is 20.5. The second-order valence-electron chi connectivity index (χ2n) is 3.45. The molecule has 66 valence electrons. The smallest absolute Gasteiger partial charge is 0.0659 e. The zero-order chi connectivity index (χ0) is 9.26. The minimum atomic E-state index is 0.214. The Morgan fingerprint density at radius 3 is 3.08 bits per heavy atom. The summed E-state index contributed by atoms with van der Waals surface area (Å²) in [5.41, 5.74) is 2.74.